The molecule has 0 aliphatic carbocycles. The summed E-state index contributed by atoms with van der Waals surface area (Å²) < 4.78 is 5.74. The second-order valence-corrected chi connectivity index (χ2v) is 6.46. The third kappa shape index (κ3) is 3.06. The van der Waals surface area contributed by atoms with Crippen LogP contribution < -0.4 is 4.74 Å². The van der Waals surface area contributed by atoms with Crippen LogP contribution in [0.15, 0.2) is 54.6 Å². The fourth-order valence-corrected chi connectivity index (χ4v) is 3.47. The summed E-state index contributed by atoms with van der Waals surface area (Å²) in [5.41, 5.74) is 2.76. The molecule has 2 atom stereocenters. The molecule has 0 bridgehead atoms. The van der Waals surface area contributed by atoms with Gasteiger partial charge < -0.3 is 4.74 Å². The van der Waals surface area contributed by atoms with Crippen molar-refractivity contribution < 1.29 is 4.74 Å². The van der Waals surface area contributed by atoms with Crippen LogP contribution in [0.5, 0.6) is 5.75 Å². The molecule has 2 unspecified atom stereocenters. The Morgan fingerprint density at radius 2 is 1.80 bits per heavy atom. The van der Waals surface area contributed by atoms with Crippen LogP contribution in [0.25, 0.3) is 0 Å². The van der Waals surface area contributed by atoms with Crippen LogP contribution in [0.1, 0.15) is 41.1 Å². The second-order valence-electron chi connectivity index (χ2n) is 5.35. The predicted molar refractivity (Wildman–Crippen MR) is 86.6 cm³/mol. The smallest absolute Gasteiger partial charge is 0.122 e. The van der Waals surface area contributed by atoms with Gasteiger partial charge >= 0.3 is 0 Å². The fraction of sp³-hybridized carbons (Fsp3) is 0.333. The number of benzene rings is 2. The molecule has 2 aromatic carbocycles. The molecule has 0 aromatic heterocycles. The third-order valence-electron chi connectivity index (χ3n) is 3.97. The van der Waals surface area contributed by atoms with Gasteiger partial charge in [-0.15, -0.1) is 0 Å². The highest BCUT2D eigenvalue weighted by molar-refractivity contribution is 9.09. The third-order valence-corrected chi connectivity index (χ3v) is 4.96. The highest BCUT2D eigenvalue weighted by atomic mass is 79.9. The van der Waals surface area contributed by atoms with Gasteiger partial charge in [0.15, 0.2) is 0 Å². The van der Waals surface area contributed by atoms with Crippen molar-refractivity contribution in [1.82, 2.24) is 0 Å². The number of halogens is 1. The molecule has 0 saturated heterocycles. The Labute approximate surface area is 129 Å². The van der Waals surface area contributed by atoms with Gasteiger partial charge in [-0.05, 0) is 24.5 Å². The lowest BCUT2D eigenvalue weighted by atomic mass is 9.94. The average molecular weight is 331 g/mol. The summed E-state index contributed by atoms with van der Waals surface area (Å²) in [5, 5.41) is 0. The normalized spacial score (nSPS) is 18.4. The molecule has 20 heavy (non-hydrogen) atoms. The Hall–Kier alpha value is -1.28. The molecule has 1 aliphatic heterocycles. The van der Waals surface area contributed by atoms with Crippen LogP contribution >= 0.6 is 15.9 Å². The Morgan fingerprint density at radius 3 is 2.65 bits per heavy atom. The summed E-state index contributed by atoms with van der Waals surface area (Å²) in [6.45, 7) is 0.845. The van der Waals surface area contributed by atoms with Crippen molar-refractivity contribution in [2.75, 3.05) is 6.61 Å². The van der Waals surface area contributed by atoms with Crippen LogP contribution in [-0.4, -0.2) is 6.61 Å². The number of hydrogen-bond donors (Lipinski definition) is 0. The molecule has 104 valence electrons. The Morgan fingerprint density at radius 1 is 1.05 bits per heavy atom. The summed E-state index contributed by atoms with van der Waals surface area (Å²) in [6, 6.07) is 19.1. The van der Waals surface area contributed by atoms with E-state index < -0.39 is 0 Å². The van der Waals surface area contributed by atoms with E-state index in [0.29, 0.717) is 10.7 Å². The van der Waals surface area contributed by atoms with Gasteiger partial charge in [0.2, 0.25) is 0 Å². The van der Waals surface area contributed by atoms with Crippen LogP contribution in [0.4, 0.5) is 0 Å². The lowest BCUT2D eigenvalue weighted by molar-refractivity contribution is 0.322. The zero-order valence-corrected chi connectivity index (χ0v) is 13.1. The monoisotopic (exact) mass is 330 g/mol. The predicted octanol–water partition coefficient (Wildman–Crippen LogP) is 5.47. The Balaban J connectivity index is 1.52. The molecular formula is C18H19BrO. The first-order valence-corrected chi connectivity index (χ1v) is 8.17. The standard InChI is InChI=1S/C18H19BrO/c19-17(14-7-2-1-3-8-14)11-6-9-15-13-20-18-12-5-4-10-16(15)18/h1-5,7-8,10,12,15,17H,6,9,11,13H2. The van der Waals surface area contributed by atoms with Gasteiger partial charge in [0.25, 0.3) is 0 Å². The zero-order chi connectivity index (χ0) is 13.8. The highest BCUT2D eigenvalue weighted by Crippen LogP contribution is 2.37. The van der Waals surface area contributed by atoms with Crippen molar-refractivity contribution in [3.8, 4) is 5.75 Å². The van der Waals surface area contributed by atoms with Crippen molar-refractivity contribution >= 4 is 15.9 Å². The minimum Gasteiger partial charge on any atom is -0.493 e. The number of rotatable bonds is 5. The topological polar surface area (TPSA) is 9.23 Å². The van der Waals surface area contributed by atoms with Gasteiger partial charge in [-0.2, -0.15) is 0 Å². The lowest BCUT2D eigenvalue weighted by Gasteiger charge is -2.12. The van der Waals surface area contributed by atoms with Crippen LogP contribution in [0.3, 0.4) is 0 Å². The summed E-state index contributed by atoms with van der Waals surface area (Å²) in [4.78, 5) is 0.460. The minimum atomic E-state index is 0.460. The quantitative estimate of drug-likeness (QED) is 0.660. The van der Waals surface area contributed by atoms with Crippen molar-refractivity contribution in [3.63, 3.8) is 0 Å². The maximum absolute atomic E-state index is 5.74. The molecular weight excluding hydrogens is 312 g/mol. The van der Waals surface area contributed by atoms with Crippen molar-refractivity contribution in [1.29, 1.82) is 0 Å². The van der Waals surface area contributed by atoms with Crippen molar-refractivity contribution in [2.45, 2.75) is 30.0 Å². The summed E-state index contributed by atoms with van der Waals surface area (Å²) in [7, 11) is 0. The van der Waals surface area contributed by atoms with Crippen LogP contribution in [0, 0.1) is 0 Å². The van der Waals surface area contributed by atoms with Gasteiger partial charge in [-0.3, -0.25) is 0 Å². The molecule has 3 rings (SSSR count). The Bertz CT molecular complexity index is 552. The molecule has 1 nitrogen and oxygen atoms in total. The first-order chi connectivity index (χ1) is 9.84. The molecule has 0 N–H and O–H groups in total. The number of para-hydroxylation sites is 1. The number of alkyl halides is 1. The van der Waals surface area contributed by atoms with E-state index in [0.717, 1.165) is 12.4 Å². The highest BCUT2D eigenvalue weighted by Gasteiger charge is 2.23. The van der Waals surface area contributed by atoms with E-state index in [1.807, 2.05) is 6.07 Å². The molecule has 0 amide bonds. The average Bonchev–Trinajstić information content (AvgIpc) is 2.92. The van der Waals surface area contributed by atoms with Gasteiger partial charge in [0, 0.05) is 16.3 Å². The SMILES string of the molecule is BrC(CCCC1COc2ccccc21)c1ccccc1. The van der Waals surface area contributed by atoms with E-state index in [1.54, 1.807) is 0 Å². The summed E-state index contributed by atoms with van der Waals surface area (Å²) >= 11 is 3.80. The molecule has 0 radical (unpaired) electrons. The van der Waals surface area contributed by atoms with E-state index in [-0.39, 0.29) is 0 Å². The van der Waals surface area contributed by atoms with E-state index >= 15 is 0 Å². The molecule has 2 heteroatoms. The minimum absolute atomic E-state index is 0.460. The van der Waals surface area contributed by atoms with Crippen LogP contribution in [0.2, 0.25) is 0 Å². The van der Waals surface area contributed by atoms with E-state index in [2.05, 4.69) is 64.5 Å². The first-order valence-electron chi connectivity index (χ1n) is 7.25. The largest absolute Gasteiger partial charge is 0.493 e. The van der Waals surface area contributed by atoms with Gasteiger partial charge in [0.1, 0.15) is 5.75 Å². The van der Waals surface area contributed by atoms with E-state index in [1.165, 1.54) is 30.4 Å². The summed E-state index contributed by atoms with van der Waals surface area (Å²) in [5.74, 6) is 1.65. The van der Waals surface area contributed by atoms with Gasteiger partial charge in [-0.1, -0.05) is 70.9 Å². The van der Waals surface area contributed by atoms with E-state index in [4.69, 9.17) is 4.74 Å². The van der Waals surface area contributed by atoms with Gasteiger partial charge in [-0.25, -0.2) is 0 Å². The van der Waals surface area contributed by atoms with Crippen molar-refractivity contribution in [2.24, 2.45) is 0 Å². The Kier molecular flexibility index (Phi) is 4.41. The number of hydrogen-bond acceptors (Lipinski definition) is 1. The molecule has 0 saturated carbocycles. The number of fused-ring (bicyclic) bond motifs is 1. The fourth-order valence-electron chi connectivity index (χ4n) is 2.84. The van der Waals surface area contributed by atoms with Gasteiger partial charge in [0.05, 0.1) is 6.61 Å². The number of ether oxygens (including phenoxy) is 1. The molecule has 0 spiro atoms. The lowest BCUT2D eigenvalue weighted by Crippen LogP contribution is -2.01. The molecule has 1 aliphatic rings. The molecule has 2 aromatic rings. The van der Waals surface area contributed by atoms with Crippen LogP contribution in [-0.2, 0) is 0 Å². The maximum atomic E-state index is 5.74. The van der Waals surface area contributed by atoms with Crippen molar-refractivity contribution in [3.05, 3.63) is 65.7 Å². The second kappa shape index (κ2) is 6.45. The zero-order valence-electron chi connectivity index (χ0n) is 11.5. The summed E-state index contributed by atoms with van der Waals surface area (Å²) in [6.07, 6.45) is 3.59. The molecule has 0 fully saturated rings. The maximum Gasteiger partial charge on any atom is 0.122 e. The van der Waals surface area contributed by atoms with E-state index in [9.17, 15) is 0 Å². The molecule has 1 heterocycles. The first kappa shape index (κ1) is 13.7.